The molecule has 27 heavy (non-hydrogen) atoms. The van der Waals surface area contributed by atoms with Crippen molar-refractivity contribution in [2.75, 3.05) is 0 Å². The van der Waals surface area contributed by atoms with Gasteiger partial charge in [-0.25, -0.2) is 18.6 Å². The fourth-order valence-corrected chi connectivity index (χ4v) is 3.20. The van der Waals surface area contributed by atoms with Gasteiger partial charge in [0, 0.05) is 11.1 Å². The van der Waals surface area contributed by atoms with E-state index in [4.69, 9.17) is 18.6 Å². The Kier molecular flexibility index (Phi) is 7.12. The molecule has 0 saturated heterocycles. The molecule has 0 N–H and O–H groups in total. The lowest BCUT2D eigenvalue weighted by atomic mass is 9.98. The van der Waals surface area contributed by atoms with E-state index in [1.165, 1.54) is 28.1 Å². The molecule has 0 saturated carbocycles. The van der Waals surface area contributed by atoms with Gasteiger partial charge >= 0.3 is 0 Å². The SMILES string of the molecule is CCCc1c(-c2ccccc2)n(C)[n+](C)c1-c1ccccc1.[O-][Cl+3]([O-])([O-])[O-]. The van der Waals surface area contributed by atoms with Crippen molar-refractivity contribution < 1.29 is 33.6 Å². The molecule has 0 radical (unpaired) electrons. The fourth-order valence-electron chi connectivity index (χ4n) is 3.20. The molecule has 1 aromatic heterocycles. The highest BCUT2D eigenvalue weighted by molar-refractivity contribution is 5.72. The van der Waals surface area contributed by atoms with Crippen LogP contribution in [-0.4, -0.2) is 4.68 Å². The first-order valence-corrected chi connectivity index (χ1v) is 9.78. The van der Waals surface area contributed by atoms with Gasteiger partial charge in [0.25, 0.3) is 0 Å². The van der Waals surface area contributed by atoms with Crippen LogP contribution in [0.15, 0.2) is 60.7 Å². The zero-order valence-electron chi connectivity index (χ0n) is 15.6. The minimum atomic E-state index is -4.94. The quantitative estimate of drug-likeness (QED) is 0.554. The van der Waals surface area contributed by atoms with Gasteiger partial charge in [-0.2, -0.15) is 4.68 Å². The van der Waals surface area contributed by atoms with E-state index < -0.39 is 10.2 Å². The van der Waals surface area contributed by atoms with Crippen LogP contribution in [0.2, 0.25) is 0 Å². The number of nitrogens with zero attached hydrogens (tertiary/aromatic N) is 2. The number of halogens is 1. The summed E-state index contributed by atoms with van der Waals surface area (Å²) in [5.74, 6) is 0. The third kappa shape index (κ3) is 5.63. The second-order valence-corrected chi connectivity index (χ2v) is 6.84. The van der Waals surface area contributed by atoms with Crippen LogP contribution in [0.4, 0.5) is 0 Å². The van der Waals surface area contributed by atoms with E-state index in [0.29, 0.717) is 0 Å². The molecule has 7 heteroatoms. The predicted molar refractivity (Wildman–Crippen MR) is 91.5 cm³/mol. The first-order chi connectivity index (χ1) is 12.7. The molecule has 0 fully saturated rings. The number of aromatic nitrogens is 2. The standard InChI is InChI=1S/C20H23N2.ClHO4/c1-4-11-18-19(16-12-7-5-8-13-16)21(2)22(3)20(18)17-14-9-6-10-15-17;2-1(3,4)5/h5-10,12-15H,4,11H2,1-3H3;(H,2,3,4,5)/q+1;/p-1. The monoisotopic (exact) mass is 390 g/mol. The van der Waals surface area contributed by atoms with Crippen LogP contribution < -0.4 is 23.3 Å². The fraction of sp³-hybridized carbons (Fsp3) is 0.250. The molecule has 2 aromatic carbocycles. The molecule has 3 rings (SSSR count). The summed E-state index contributed by atoms with van der Waals surface area (Å²) >= 11 is 0. The zero-order chi connectivity index (χ0) is 20.0. The van der Waals surface area contributed by atoms with E-state index in [-0.39, 0.29) is 0 Å². The van der Waals surface area contributed by atoms with Crippen molar-refractivity contribution in [3.8, 4) is 22.5 Å². The average molecular weight is 391 g/mol. The summed E-state index contributed by atoms with van der Waals surface area (Å²) in [6.45, 7) is 2.25. The summed E-state index contributed by atoms with van der Waals surface area (Å²) in [6.07, 6.45) is 2.23. The molecule has 0 bridgehead atoms. The Hall–Kier alpha value is -2.22. The van der Waals surface area contributed by atoms with Gasteiger partial charge in [-0.1, -0.05) is 61.9 Å². The second-order valence-electron chi connectivity index (χ2n) is 6.08. The summed E-state index contributed by atoms with van der Waals surface area (Å²) < 4.78 is 38.5. The van der Waals surface area contributed by atoms with E-state index in [0.717, 1.165) is 12.8 Å². The molecule has 1 heterocycles. The Labute approximate surface area is 161 Å². The zero-order valence-corrected chi connectivity index (χ0v) is 16.3. The maximum atomic E-state index is 8.49. The topological polar surface area (TPSA) is 101 Å². The average Bonchev–Trinajstić information content (AvgIpc) is 2.86. The highest BCUT2D eigenvalue weighted by atomic mass is 35.7. The van der Waals surface area contributed by atoms with Gasteiger partial charge in [0.05, 0.1) is 12.6 Å². The highest BCUT2D eigenvalue weighted by Gasteiger charge is 2.27. The van der Waals surface area contributed by atoms with Gasteiger partial charge in [0.15, 0.2) is 7.05 Å². The van der Waals surface area contributed by atoms with Crippen LogP contribution in [0.5, 0.6) is 0 Å². The molecule has 0 aliphatic rings. The minimum Gasteiger partial charge on any atom is -0.222 e. The van der Waals surface area contributed by atoms with Crippen molar-refractivity contribution in [1.29, 1.82) is 0 Å². The van der Waals surface area contributed by atoms with Crippen molar-refractivity contribution >= 4 is 0 Å². The lowest BCUT2D eigenvalue weighted by Gasteiger charge is -2.17. The Morgan fingerprint density at radius 2 is 1.30 bits per heavy atom. The summed E-state index contributed by atoms with van der Waals surface area (Å²) in [6, 6.07) is 21.4. The molecule has 3 aromatic rings. The van der Waals surface area contributed by atoms with Gasteiger partial charge < -0.3 is 0 Å². The Balaban J connectivity index is 0.000000465. The largest absolute Gasteiger partial charge is 0.242 e. The van der Waals surface area contributed by atoms with E-state index in [1.807, 2.05) is 0 Å². The number of rotatable bonds is 4. The Morgan fingerprint density at radius 3 is 1.74 bits per heavy atom. The molecule has 0 aliphatic heterocycles. The van der Waals surface area contributed by atoms with Crippen molar-refractivity contribution in [1.82, 2.24) is 4.68 Å². The number of hydrogen-bond donors (Lipinski definition) is 0. The van der Waals surface area contributed by atoms with Gasteiger partial charge in [0.1, 0.15) is 5.69 Å². The normalized spacial score (nSPS) is 11.1. The van der Waals surface area contributed by atoms with Crippen LogP contribution in [0.25, 0.3) is 22.5 Å². The maximum absolute atomic E-state index is 8.49. The summed E-state index contributed by atoms with van der Waals surface area (Å²) in [5, 5.41) is 0. The van der Waals surface area contributed by atoms with E-state index >= 15 is 0 Å². The minimum absolute atomic E-state index is 1.09. The van der Waals surface area contributed by atoms with Gasteiger partial charge in [-0.15, -0.1) is 14.9 Å². The van der Waals surface area contributed by atoms with Crippen LogP contribution in [0, 0.1) is 10.2 Å². The molecular weight excluding hydrogens is 368 g/mol. The molecule has 0 atom stereocenters. The van der Waals surface area contributed by atoms with Crippen LogP contribution in [0.1, 0.15) is 18.9 Å². The summed E-state index contributed by atoms with van der Waals surface area (Å²) in [5.41, 5.74) is 6.65. The third-order valence-corrected chi connectivity index (χ3v) is 4.26. The van der Waals surface area contributed by atoms with Gasteiger partial charge in [-0.3, -0.25) is 0 Å². The lowest BCUT2D eigenvalue weighted by Crippen LogP contribution is -2.68. The van der Waals surface area contributed by atoms with Crippen LogP contribution >= 0.6 is 0 Å². The molecule has 0 unspecified atom stereocenters. The molecular formula is C20H23ClN2O4. The van der Waals surface area contributed by atoms with E-state index in [1.54, 1.807) is 0 Å². The van der Waals surface area contributed by atoms with Gasteiger partial charge in [-0.05, 0) is 18.6 Å². The first-order valence-electron chi connectivity index (χ1n) is 8.54. The van der Waals surface area contributed by atoms with Crippen molar-refractivity contribution in [2.45, 2.75) is 19.8 Å². The van der Waals surface area contributed by atoms with Crippen LogP contribution in [-0.2, 0) is 20.5 Å². The summed E-state index contributed by atoms with van der Waals surface area (Å²) in [7, 11) is -0.651. The molecule has 0 spiro atoms. The number of hydrogen-bond acceptors (Lipinski definition) is 4. The molecule has 144 valence electrons. The first kappa shape index (κ1) is 21.1. The second kappa shape index (κ2) is 9.12. The molecule has 6 nitrogen and oxygen atoms in total. The van der Waals surface area contributed by atoms with E-state index in [2.05, 4.69) is 91.0 Å². The smallest absolute Gasteiger partial charge is 0.222 e. The van der Waals surface area contributed by atoms with Gasteiger partial charge in [0.2, 0.25) is 5.69 Å². The third-order valence-electron chi connectivity index (χ3n) is 4.26. The lowest BCUT2D eigenvalue weighted by molar-refractivity contribution is -2.00. The maximum Gasteiger partial charge on any atom is 0.242 e. The number of benzene rings is 2. The van der Waals surface area contributed by atoms with Crippen molar-refractivity contribution in [3.05, 3.63) is 66.2 Å². The van der Waals surface area contributed by atoms with Crippen molar-refractivity contribution in [2.24, 2.45) is 14.1 Å². The predicted octanol–water partition coefficient (Wildman–Crippen LogP) is -0.620. The molecule has 0 amide bonds. The summed E-state index contributed by atoms with van der Waals surface area (Å²) in [4.78, 5) is 0. The van der Waals surface area contributed by atoms with Crippen molar-refractivity contribution in [3.63, 3.8) is 0 Å². The Bertz CT molecular complexity index is 790. The Morgan fingerprint density at radius 1 is 0.852 bits per heavy atom. The highest BCUT2D eigenvalue weighted by Crippen LogP contribution is 2.31. The van der Waals surface area contributed by atoms with Crippen LogP contribution in [0.3, 0.4) is 0 Å². The van der Waals surface area contributed by atoms with E-state index in [9.17, 15) is 0 Å². The molecule has 0 aliphatic carbocycles.